The molecule has 3 aromatic rings. The number of amides is 1. The second kappa shape index (κ2) is 12.4. The van der Waals surface area contributed by atoms with Crippen LogP contribution in [0.25, 0.3) is 5.82 Å². The van der Waals surface area contributed by atoms with E-state index in [1.165, 1.54) is 47.4 Å². The Morgan fingerprint density at radius 1 is 1.04 bits per heavy atom. The van der Waals surface area contributed by atoms with Gasteiger partial charge in [-0.2, -0.15) is 0 Å². The predicted molar refractivity (Wildman–Crippen MR) is 188 cm³/mol. The zero-order valence-corrected chi connectivity index (χ0v) is 27.1. The van der Waals surface area contributed by atoms with E-state index in [9.17, 15) is 13.2 Å². The molecule has 3 N–H and O–H groups in total. The summed E-state index contributed by atoms with van der Waals surface area (Å²) in [6.07, 6.45) is 3.62. The number of anilines is 2. The Kier molecular flexibility index (Phi) is 9.71. The fraction of sp³-hybridized carbons (Fsp3) is 0.462. The van der Waals surface area contributed by atoms with Crippen molar-refractivity contribution in [2.45, 2.75) is 53.0 Å². The Labute approximate surface area is 287 Å². The first-order valence-corrected chi connectivity index (χ1v) is 15.7. The summed E-state index contributed by atoms with van der Waals surface area (Å²) >= 11 is 0. The lowest BCUT2D eigenvalue weighted by molar-refractivity contribution is 0.0981. The van der Waals surface area contributed by atoms with Crippen molar-refractivity contribution in [2.24, 2.45) is 11.3 Å². The van der Waals surface area contributed by atoms with Crippen molar-refractivity contribution in [1.82, 2.24) is 24.5 Å². The number of rotatable bonds is 11. The van der Waals surface area contributed by atoms with Crippen molar-refractivity contribution in [3.8, 4) is 11.7 Å². The lowest BCUT2D eigenvalue weighted by Crippen LogP contribution is -2.60. The topological polar surface area (TPSA) is 145 Å². The molecule has 21 heteroatoms. The molecule has 0 aromatic carbocycles. The van der Waals surface area contributed by atoms with Gasteiger partial charge in [0.2, 0.25) is 5.88 Å². The molecule has 0 spiro atoms. The van der Waals surface area contributed by atoms with Crippen LogP contribution in [0, 0.1) is 11.3 Å². The van der Waals surface area contributed by atoms with E-state index in [0.29, 0.717) is 6.54 Å². The second-order valence-electron chi connectivity index (χ2n) is 12.7. The summed E-state index contributed by atoms with van der Waals surface area (Å²) in [5.41, 5.74) is 3.10. The molecule has 0 bridgehead atoms. The molecule has 1 fully saturated rings. The van der Waals surface area contributed by atoms with E-state index < -0.39 is 48.8 Å². The van der Waals surface area contributed by atoms with E-state index in [1.54, 1.807) is 0 Å². The summed E-state index contributed by atoms with van der Waals surface area (Å²) in [6, 6.07) is 6.98. The highest BCUT2D eigenvalue weighted by atomic mass is 32.2. The van der Waals surface area contributed by atoms with Gasteiger partial charge in [-0.1, -0.05) is 6.92 Å². The maximum atomic E-state index is 13.5. The standard InChI is InChI=1S/C26H26B9N7O4S/c1-14-11-22(2,3)41(12-14)20-15(21(43)40-47(44,45)16-5-4-9-37-19(16)36)6-7-17(38-20)42-10-8-18(39-42)46-13-23(24(27,28)29,25(30,31)32)26(33,34)35/h4-10,14H,11-13H2,1-3H3,(H2,36,37)(H,40,43)/t14-/m0/s1. The highest BCUT2D eigenvalue weighted by molar-refractivity contribution is 7.90. The first-order valence-electron chi connectivity index (χ1n) is 14.3. The van der Waals surface area contributed by atoms with Crippen LogP contribution in [0.3, 0.4) is 0 Å². The molecule has 0 saturated carbocycles. The molecule has 4 heterocycles. The number of pyridine rings is 2. The number of carbonyl (C=O) groups is 1. The van der Waals surface area contributed by atoms with E-state index in [1.807, 2.05) is 18.7 Å². The number of hydrogen-bond acceptors (Lipinski definition) is 9. The molecule has 222 valence electrons. The number of carbonyl (C=O) groups excluding carboxylic acids is 1. The number of nitrogens with two attached hydrogens (primary N) is 1. The van der Waals surface area contributed by atoms with Crippen molar-refractivity contribution in [2.75, 3.05) is 23.8 Å². The fourth-order valence-corrected chi connectivity index (χ4v) is 7.01. The van der Waals surface area contributed by atoms with Crippen molar-refractivity contribution < 1.29 is 17.9 Å². The van der Waals surface area contributed by atoms with Crippen LogP contribution in [0.4, 0.5) is 11.6 Å². The van der Waals surface area contributed by atoms with Crippen LogP contribution in [0.15, 0.2) is 47.6 Å². The summed E-state index contributed by atoms with van der Waals surface area (Å²) in [4.78, 5) is 23.7. The third-order valence-electron chi connectivity index (χ3n) is 8.20. The van der Waals surface area contributed by atoms with Gasteiger partial charge in [0, 0.05) is 30.5 Å². The molecule has 11 nitrogen and oxygen atoms in total. The lowest BCUT2D eigenvalue weighted by atomic mass is 9.10. The second-order valence-corrected chi connectivity index (χ2v) is 14.3. The van der Waals surface area contributed by atoms with Crippen molar-refractivity contribution in [1.29, 1.82) is 0 Å². The molecule has 18 radical (unpaired) electrons. The number of nitrogen functional groups attached to an aromatic ring is 1. The first-order chi connectivity index (χ1) is 21.4. The van der Waals surface area contributed by atoms with Crippen LogP contribution in [0.5, 0.6) is 5.88 Å². The Balaban J connectivity index is 1.71. The van der Waals surface area contributed by atoms with Gasteiger partial charge in [0.15, 0.2) is 5.82 Å². The molecule has 3 aromatic heterocycles. The molecule has 0 unspecified atom stereocenters. The minimum atomic E-state index is -4.37. The Hall–Kier alpha value is -3.09. The zero-order chi connectivity index (χ0) is 35.4. The number of ether oxygens (including phenoxy) is 1. The molecule has 1 atom stereocenters. The lowest BCUT2D eigenvalue weighted by Gasteiger charge is -2.64. The number of aromatic nitrogens is 4. The molecule has 0 aliphatic carbocycles. The summed E-state index contributed by atoms with van der Waals surface area (Å²) in [7, 11) is 49.2. The van der Waals surface area contributed by atoms with Gasteiger partial charge in [-0.25, -0.2) is 27.8 Å². The highest BCUT2D eigenvalue weighted by Crippen LogP contribution is 2.61. The normalized spacial score (nSPS) is 17.3. The Morgan fingerprint density at radius 3 is 2.19 bits per heavy atom. The maximum Gasteiger partial charge on any atom is 0.268 e. The van der Waals surface area contributed by atoms with Crippen molar-refractivity contribution >= 4 is 98.2 Å². The van der Waals surface area contributed by atoms with Crippen molar-refractivity contribution in [3.05, 3.63) is 48.3 Å². The fourth-order valence-electron chi connectivity index (χ4n) is 5.96. The minimum Gasteiger partial charge on any atom is -0.476 e. The highest BCUT2D eigenvalue weighted by Gasteiger charge is 2.54. The number of hydrogen-bond donors (Lipinski definition) is 2. The number of sulfonamides is 1. The van der Waals surface area contributed by atoms with E-state index in [2.05, 4.69) is 21.7 Å². The molecule has 47 heavy (non-hydrogen) atoms. The van der Waals surface area contributed by atoms with Crippen LogP contribution < -0.4 is 20.1 Å². The molecule has 1 aliphatic rings. The minimum absolute atomic E-state index is 0.00379. The van der Waals surface area contributed by atoms with Gasteiger partial charge in [0.25, 0.3) is 15.9 Å². The van der Waals surface area contributed by atoms with E-state index >= 15 is 0 Å². The van der Waals surface area contributed by atoms with Gasteiger partial charge in [0.05, 0.1) is 82.8 Å². The van der Waals surface area contributed by atoms with E-state index in [-0.39, 0.29) is 39.7 Å². The van der Waals surface area contributed by atoms with Gasteiger partial charge >= 0.3 is 0 Å². The molecule has 1 amide bonds. The monoisotopic (exact) mass is 631 g/mol. The smallest absolute Gasteiger partial charge is 0.268 e. The third kappa shape index (κ3) is 7.05. The maximum absolute atomic E-state index is 13.5. The molecule has 1 aliphatic heterocycles. The van der Waals surface area contributed by atoms with Gasteiger partial charge in [-0.3, -0.25) is 4.79 Å². The first kappa shape index (κ1) is 36.7. The Bertz CT molecular complexity index is 1720. The quantitative estimate of drug-likeness (QED) is 0.258. The average molecular weight is 630 g/mol. The van der Waals surface area contributed by atoms with Crippen molar-refractivity contribution in [3.63, 3.8) is 0 Å². The molecule has 1 saturated heterocycles. The van der Waals surface area contributed by atoms with Crippen LogP contribution in [0.1, 0.15) is 37.6 Å². The summed E-state index contributed by atoms with van der Waals surface area (Å²) in [5.74, 6) is -0.504. The molecular weight excluding hydrogens is 604 g/mol. The number of nitrogens with zero attached hydrogens (tertiary/aromatic N) is 5. The summed E-state index contributed by atoms with van der Waals surface area (Å²) in [6.45, 7) is 5.94. The van der Waals surface area contributed by atoms with E-state index in [0.717, 1.165) is 6.42 Å². The molecule has 4 rings (SSSR count). The van der Waals surface area contributed by atoms with Gasteiger partial charge in [-0.05, 0) is 55.9 Å². The van der Waals surface area contributed by atoms with Gasteiger partial charge in [-0.15, -0.1) is 20.4 Å². The van der Waals surface area contributed by atoms with Gasteiger partial charge in [0.1, 0.15) is 16.5 Å². The van der Waals surface area contributed by atoms with Gasteiger partial charge < -0.3 is 15.4 Å². The van der Waals surface area contributed by atoms with Crippen LogP contribution in [-0.2, 0) is 10.0 Å². The van der Waals surface area contributed by atoms with E-state index in [4.69, 9.17) is 86.1 Å². The summed E-state index contributed by atoms with van der Waals surface area (Å²) in [5, 5.41) is -2.61. The predicted octanol–water partition coefficient (Wildman–Crippen LogP) is -0.909. The van der Waals surface area contributed by atoms with Crippen LogP contribution in [0.2, 0.25) is 15.3 Å². The van der Waals surface area contributed by atoms with Crippen LogP contribution in [-0.4, -0.2) is 123 Å². The summed E-state index contributed by atoms with van der Waals surface area (Å²) < 4.78 is 35.3. The van der Waals surface area contributed by atoms with Crippen LogP contribution >= 0.6 is 0 Å². The average Bonchev–Trinajstić information content (AvgIpc) is 3.48. The largest absolute Gasteiger partial charge is 0.476 e. The molecular formula is C26H26B9N7O4S. The Morgan fingerprint density at radius 2 is 1.66 bits per heavy atom. The zero-order valence-electron chi connectivity index (χ0n) is 26.3. The number of nitrogens with one attached hydrogen (secondary N) is 1. The SMILES string of the molecule is [B]C([B])([B])C(COc1ccn(-c2ccc(C(=O)NS(=O)(=O)c3cccnc3N)c(N3C[C@@H](C)CC3(C)C)n2)n1)(C([B])([B])[B])C([B])([B])[B]. The third-order valence-corrected chi connectivity index (χ3v) is 9.58.